The van der Waals surface area contributed by atoms with E-state index in [1.54, 1.807) is 4.90 Å². The molecular weight excluding hydrogens is 326 g/mol. The highest BCUT2D eigenvalue weighted by atomic mass is 16.5. The molecule has 1 aliphatic heterocycles. The molecule has 0 N–H and O–H groups in total. The number of ether oxygens (including phenoxy) is 1. The summed E-state index contributed by atoms with van der Waals surface area (Å²) in [5, 5.41) is 4.49. The van der Waals surface area contributed by atoms with Gasteiger partial charge in [0.15, 0.2) is 0 Å². The van der Waals surface area contributed by atoms with Gasteiger partial charge >= 0.3 is 0 Å². The van der Waals surface area contributed by atoms with Gasteiger partial charge in [-0.05, 0) is 68.8 Å². The van der Waals surface area contributed by atoms with Gasteiger partial charge in [0.1, 0.15) is 12.4 Å². The molecule has 0 aliphatic carbocycles. The molecule has 1 aliphatic rings. The second kappa shape index (κ2) is 6.33. The Bertz CT molecular complexity index is 973. The van der Waals surface area contributed by atoms with E-state index in [1.807, 2.05) is 74.0 Å². The second-order valence-electron chi connectivity index (χ2n) is 6.66. The summed E-state index contributed by atoms with van der Waals surface area (Å²) in [6.07, 6.45) is 0. The Hall–Kier alpha value is -3.08. The van der Waals surface area contributed by atoms with Gasteiger partial charge in [-0.25, -0.2) is 4.68 Å². The lowest BCUT2D eigenvalue weighted by atomic mass is 10.1. The van der Waals surface area contributed by atoms with E-state index in [1.165, 1.54) is 0 Å². The first-order valence-corrected chi connectivity index (χ1v) is 8.72. The van der Waals surface area contributed by atoms with Crippen molar-refractivity contribution in [3.05, 3.63) is 71.0 Å². The van der Waals surface area contributed by atoms with E-state index < -0.39 is 0 Å². The van der Waals surface area contributed by atoms with Crippen LogP contribution in [0.25, 0.3) is 5.69 Å². The van der Waals surface area contributed by atoms with E-state index in [9.17, 15) is 4.79 Å². The fourth-order valence-electron chi connectivity index (χ4n) is 3.33. The first kappa shape index (κ1) is 16.4. The van der Waals surface area contributed by atoms with Crippen molar-refractivity contribution in [3.63, 3.8) is 0 Å². The van der Waals surface area contributed by atoms with Gasteiger partial charge in [-0.2, -0.15) is 5.10 Å². The fourth-order valence-corrected chi connectivity index (χ4v) is 3.33. The summed E-state index contributed by atoms with van der Waals surface area (Å²) in [4.78, 5) is 14.8. The first-order valence-electron chi connectivity index (χ1n) is 8.72. The zero-order valence-corrected chi connectivity index (χ0v) is 15.2. The third-order valence-corrected chi connectivity index (χ3v) is 4.59. The molecule has 3 aromatic rings. The Morgan fingerprint density at radius 2 is 1.81 bits per heavy atom. The predicted molar refractivity (Wildman–Crippen MR) is 101 cm³/mol. The fraction of sp³-hybridized carbons (Fsp3) is 0.238. The summed E-state index contributed by atoms with van der Waals surface area (Å²) in [7, 11) is 0. The lowest BCUT2D eigenvalue weighted by Crippen LogP contribution is -2.38. The van der Waals surface area contributed by atoms with Gasteiger partial charge in [0.25, 0.3) is 5.91 Å². The highest BCUT2D eigenvalue weighted by Crippen LogP contribution is 2.33. The van der Waals surface area contributed by atoms with Crippen molar-refractivity contribution in [2.24, 2.45) is 0 Å². The topological polar surface area (TPSA) is 47.4 Å². The van der Waals surface area contributed by atoms with Crippen molar-refractivity contribution >= 4 is 11.6 Å². The maximum atomic E-state index is 13.0. The van der Waals surface area contributed by atoms with Crippen molar-refractivity contribution in [1.29, 1.82) is 0 Å². The molecule has 0 fully saturated rings. The van der Waals surface area contributed by atoms with Crippen LogP contribution in [0.2, 0.25) is 0 Å². The number of anilines is 1. The van der Waals surface area contributed by atoms with Crippen molar-refractivity contribution in [2.45, 2.75) is 20.8 Å². The van der Waals surface area contributed by atoms with Crippen LogP contribution in [0.3, 0.4) is 0 Å². The molecule has 0 saturated carbocycles. The van der Waals surface area contributed by atoms with Crippen LogP contribution in [0.4, 0.5) is 5.69 Å². The number of benzene rings is 2. The summed E-state index contributed by atoms with van der Waals surface area (Å²) < 4.78 is 7.59. The van der Waals surface area contributed by atoms with Crippen LogP contribution in [0, 0.1) is 20.8 Å². The number of carbonyl (C=O) groups is 1. The minimum atomic E-state index is -0.0154. The highest BCUT2D eigenvalue weighted by Gasteiger charge is 2.24. The van der Waals surface area contributed by atoms with Crippen molar-refractivity contribution in [2.75, 3.05) is 18.1 Å². The Morgan fingerprint density at radius 1 is 1.04 bits per heavy atom. The molecule has 5 heteroatoms. The Labute approximate surface area is 152 Å². The molecule has 5 nitrogen and oxygen atoms in total. The number of aryl methyl sites for hydroxylation is 3. The van der Waals surface area contributed by atoms with E-state index in [0.29, 0.717) is 18.7 Å². The lowest BCUT2D eigenvalue weighted by Gasteiger charge is -2.30. The zero-order valence-electron chi connectivity index (χ0n) is 15.2. The van der Waals surface area contributed by atoms with Crippen LogP contribution < -0.4 is 9.64 Å². The van der Waals surface area contributed by atoms with Crippen LogP contribution in [-0.4, -0.2) is 28.8 Å². The number of carbonyl (C=O) groups excluding carboxylic acids is 1. The number of rotatable bonds is 2. The van der Waals surface area contributed by atoms with Gasteiger partial charge in [0, 0.05) is 11.3 Å². The van der Waals surface area contributed by atoms with Crippen LogP contribution in [-0.2, 0) is 0 Å². The predicted octanol–water partition coefficient (Wildman–Crippen LogP) is 3.84. The highest BCUT2D eigenvalue weighted by molar-refractivity contribution is 6.07. The van der Waals surface area contributed by atoms with Gasteiger partial charge in [0.05, 0.1) is 23.6 Å². The van der Waals surface area contributed by atoms with E-state index in [4.69, 9.17) is 4.74 Å². The molecule has 1 aromatic heterocycles. The van der Waals surface area contributed by atoms with E-state index in [0.717, 1.165) is 34.1 Å². The van der Waals surface area contributed by atoms with Crippen LogP contribution >= 0.6 is 0 Å². The maximum Gasteiger partial charge on any atom is 0.258 e. The van der Waals surface area contributed by atoms with Gasteiger partial charge in [0.2, 0.25) is 0 Å². The lowest BCUT2D eigenvalue weighted by molar-refractivity contribution is 0.0976. The quantitative estimate of drug-likeness (QED) is 0.708. The molecule has 1 amide bonds. The van der Waals surface area contributed by atoms with E-state index in [-0.39, 0.29) is 5.91 Å². The Balaban J connectivity index is 1.63. The molecule has 132 valence electrons. The molecule has 0 atom stereocenters. The third-order valence-electron chi connectivity index (χ3n) is 4.59. The normalized spacial score (nSPS) is 13.3. The van der Waals surface area contributed by atoms with Crippen molar-refractivity contribution < 1.29 is 9.53 Å². The monoisotopic (exact) mass is 347 g/mol. The second-order valence-corrected chi connectivity index (χ2v) is 6.66. The summed E-state index contributed by atoms with van der Waals surface area (Å²) in [6, 6.07) is 15.5. The third kappa shape index (κ3) is 2.86. The molecule has 0 spiro atoms. The molecule has 0 bridgehead atoms. The molecule has 0 unspecified atom stereocenters. The largest absolute Gasteiger partial charge is 0.490 e. The number of hydrogen-bond donors (Lipinski definition) is 0. The number of hydrogen-bond acceptors (Lipinski definition) is 3. The smallest absolute Gasteiger partial charge is 0.258 e. The van der Waals surface area contributed by atoms with E-state index in [2.05, 4.69) is 5.10 Å². The zero-order chi connectivity index (χ0) is 18.3. The minimum absolute atomic E-state index is 0.0154. The van der Waals surface area contributed by atoms with Gasteiger partial charge in [-0.1, -0.05) is 6.07 Å². The molecule has 0 radical (unpaired) electrons. The Morgan fingerprint density at radius 3 is 2.50 bits per heavy atom. The average Bonchev–Trinajstić information content (AvgIpc) is 2.98. The van der Waals surface area contributed by atoms with Crippen LogP contribution in [0.1, 0.15) is 27.3 Å². The molecular formula is C21H21N3O2. The SMILES string of the molecule is Cc1ccc2c(c1)OCCN2C(=O)c1ccc(-n2nc(C)cc2C)cc1. The van der Waals surface area contributed by atoms with Crippen molar-refractivity contribution in [1.82, 2.24) is 9.78 Å². The molecule has 2 heterocycles. The van der Waals surface area contributed by atoms with Gasteiger partial charge in [-0.15, -0.1) is 0 Å². The van der Waals surface area contributed by atoms with Crippen LogP contribution in [0.5, 0.6) is 5.75 Å². The van der Waals surface area contributed by atoms with Gasteiger partial charge in [-0.3, -0.25) is 4.79 Å². The number of amides is 1. The summed E-state index contributed by atoms with van der Waals surface area (Å²) in [5.41, 5.74) is 5.59. The van der Waals surface area contributed by atoms with E-state index >= 15 is 0 Å². The first-order chi connectivity index (χ1) is 12.5. The molecule has 4 rings (SSSR count). The average molecular weight is 347 g/mol. The molecule has 26 heavy (non-hydrogen) atoms. The van der Waals surface area contributed by atoms with Gasteiger partial charge < -0.3 is 9.64 Å². The van der Waals surface area contributed by atoms with Crippen LogP contribution in [0.15, 0.2) is 48.5 Å². The summed E-state index contributed by atoms with van der Waals surface area (Å²) in [5.74, 6) is 0.752. The van der Waals surface area contributed by atoms with Crippen molar-refractivity contribution in [3.8, 4) is 11.4 Å². The number of aromatic nitrogens is 2. The minimum Gasteiger partial charge on any atom is -0.490 e. The maximum absolute atomic E-state index is 13.0. The summed E-state index contributed by atoms with van der Waals surface area (Å²) in [6.45, 7) is 7.06. The number of fused-ring (bicyclic) bond motifs is 1. The Kier molecular flexibility index (Phi) is 3.99. The summed E-state index contributed by atoms with van der Waals surface area (Å²) >= 11 is 0. The number of nitrogens with zero attached hydrogens (tertiary/aromatic N) is 3. The standard InChI is InChI=1S/C21H21N3O2/c1-14-4-9-19-20(12-14)26-11-10-23(19)21(25)17-5-7-18(8-6-17)24-16(3)13-15(2)22-24/h4-9,12-13H,10-11H2,1-3H3. The molecule has 2 aromatic carbocycles. The molecule has 0 saturated heterocycles.